The van der Waals surface area contributed by atoms with E-state index >= 15 is 0 Å². The van der Waals surface area contributed by atoms with E-state index in [9.17, 15) is 4.79 Å². The van der Waals surface area contributed by atoms with Crippen molar-refractivity contribution in [3.63, 3.8) is 0 Å². The number of aromatic nitrogens is 5. The minimum Gasteiger partial charge on any atom is -0.361 e. The van der Waals surface area contributed by atoms with Crippen LogP contribution in [0.5, 0.6) is 0 Å². The van der Waals surface area contributed by atoms with Gasteiger partial charge in [0.2, 0.25) is 5.82 Å². The minimum absolute atomic E-state index is 0.0556. The first kappa shape index (κ1) is 16.1. The zero-order valence-corrected chi connectivity index (χ0v) is 14.5. The lowest BCUT2D eigenvalue weighted by Crippen LogP contribution is -2.28. The molecule has 1 aromatic carbocycles. The van der Waals surface area contributed by atoms with Crippen molar-refractivity contribution in [2.24, 2.45) is 0 Å². The smallest absolute Gasteiger partial charge is 0.316 e. The minimum atomic E-state index is -0.397. The van der Waals surface area contributed by atoms with Gasteiger partial charge in [-0.15, -0.1) is 0 Å². The van der Waals surface area contributed by atoms with Gasteiger partial charge in [-0.25, -0.2) is 0 Å². The van der Waals surface area contributed by atoms with Gasteiger partial charge in [-0.2, -0.15) is 10.1 Å². The molecule has 132 valence electrons. The summed E-state index contributed by atoms with van der Waals surface area (Å²) in [6.07, 6.45) is 1.87. The highest BCUT2D eigenvalue weighted by Crippen LogP contribution is 2.21. The maximum absolute atomic E-state index is 12.2. The van der Waals surface area contributed by atoms with Crippen molar-refractivity contribution in [2.75, 3.05) is 6.54 Å². The van der Waals surface area contributed by atoms with Crippen molar-refractivity contribution in [1.82, 2.24) is 30.2 Å². The molecule has 2 N–H and O–H groups in total. The van der Waals surface area contributed by atoms with Gasteiger partial charge in [0.1, 0.15) is 0 Å². The third-order valence-corrected chi connectivity index (χ3v) is 4.15. The maximum atomic E-state index is 12.2. The van der Waals surface area contributed by atoms with E-state index < -0.39 is 5.91 Å². The summed E-state index contributed by atoms with van der Waals surface area (Å²) < 4.78 is 6.95. The van der Waals surface area contributed by atoms with Gasteiger partial charge in [0, 0.05) is 29.5 Å². The first-order valence-electron chi connectivity index (χ1n) is 8.30. The predicted molar refractivity (Wildman–Crippen MR) is 95.6 cm³/mol. The maximum Gasteiger partial charge on any atom is 0.316 e. The monoisotopic (exact) mass is 350 g/mol. The Kier molecular flexibility index (Phi) is 4.00. The topological polar surface area (TPSA) is 102 Å². The van der Waals surface area contributed by atoms with E-state index in [1.54, 1.807) is 0 Å². The molecule has 8 heteroatoms. The molecule has 3 heterocycles. The van der Waals surface area contributed by atoms with Crippen molar-refractivity contribution in [3.05, 3.63) is 53.8 Å². The van der Waals surface area contributed by atoms with Crippen LogP contribution in [0.1, 0.15) is 22.1 Å². The number of carbonyl (C=O) groups is 1. The molecule has 8 nitrogen and oxygen atoms in total. The number of hydrogen-bond donors (Lipinski definition) is 2. The number of rotatable bonds is 5. The fraction of sp³-hybridized carbons (Fsp3) is 0.222. The Morgan fingerprint density at radius 3 is 2.96 bits per heavy atom. The van der Waals surface area contributed by atoms with E-state index in [1.807, 2.05) is 55.1 Å². The molecule has 0 atom stereocenters. The van der Waals surface area contributed by atoms with Gasteiger partial charge in [0.25, 0.3) is 0 Å². The third kappa shape index (κ3) is 3.08. The van der Waals surface area contributed by atoms with Gasteiger partial charge < -0.3 is 14.8 Å². The van der Waals surface area contributed by atoms with E-state index in [0.29, 0.717) is 18.9 Å². The van der Waals surface area contributed by atoms with E-state index in [0.717, 1.165) is 27.9 Å². The van der Waals surface area contributed by atoms with Crippen molar-refractivity contribution >= 4 is 16.8 Å². The summed E-state index contributed by atoms with van der Waals surface area (Å²) in [5.74, 6) is -0.0728. The van der Waals surface area contributed by atoms with Crippen molar-refractivity contribution < 1.29 is 9.32 Å². The number of aryl methyl sites for hydroxylation is 2. The van der Waals surface area contributed by atoms with E-state index in [4.69, 9.17) is 4.52 Å². The lowest BCUT2D eigenvalue weighted by atomic mass is 10.1. The number of aromatic amines is 1. The van der Waals surface area contributed by atoms with Gasteiger partial charge >= 0.3 is 11.8 Å². The molecular formula is C18H18N6O2. The summed E-state index contributed by atoms with van der Waals surface area (Å²) in [6, 6.07) is 9.76. The molecule has 0 saturated carbocycles. The van der Waals surface area contributed by atoms with Crippen LogP contribution in [0.3, 0.4) is 0 Å². The highest BCUT2D eigenvalue weighted by atomic mass is 16.5. The molecule has 0 bridgehead atoms. The number of benzene rings is 1. The fourth-order valence-electron chi connectivity index (χ4n) is 2.87. The third-order valence-electron chi connectivity index (χ3n) is 4.15. The highest BCUT2D eigenvalue weighted by Gasteiger charge is 2.16. The zero-order valence-electron chi connectivity index (χ0n) is 14.5. The van der Waals surface area contributed by atoms with Gasteiger partial charge in [-0.05, 0) is 37.4 Å². The standard InChI is InChI=1S/C18H18N6O2/c1-11-9-12(2)24(22-11)8-7-20-17(25)18-21-16(23-26-18)14-4-3-13-5-6-19-15(13)10-14/h3-6,9-10,19H,7-8H2,1-2H3,(H,20,25). The molecular weight excluding hydrogens is 332 g/mol. The van der Waals surface area contributed by atoms with E-state index in [2.05, 4.69) is 25.5 Å². The summed E-state index contributed by atoms with van der Waals surface area (Å²) in [6.45, 7) is 4.92. The molecule has 0 radical (unpaired) electrons. The molecule has 3 aromatic heterocycles. The van der Waals surface area contributed by atoms with Crippen LogP contribution in [0.25, 0.3) is 22.3 Å². The Morgan fingerprint density at radius 1 is 1.27 bits per heavy atom. The van der Waals surface area contributed by atoms with Gasteiger partial charge in [-0.1, -0.05) is 17.3 Å². The Balaban J connectivity index is 1.42. The Bertz CT molecular complexity index is 1070. The number of carbonyl (C=O) groups excluding carboxylic acids is 1. The van der Waals surface area contributed by atoms with Crippen LogP contribution in [-0.2, 0) is 6.54 Å². The Hall–Kier alpha value is -3.42. The van der Waals surface area contributed by atoms with Crippen LogP contribution in [0, 0.1) is 13.8 Å². The molecule has 0 aliphatic carbocycles. The molecule has 1 amide bonds. The van der Waals surface area contributed by atoms with Gasteiger partial charge in [0.15, 0.2) is 0 Å². The molecule has 0 fully saturated rings. The van der Waals surface area contributed by atoms with Crippen molar-refractivity contribution in [2.45, 2.75) is 20.4 Å². The quantitative estimate of drug-likeness (QED) is 0.576. The largest absolute Gasteiger partial charge is 0.361 e. The number of fused-ring (bicyclic) bond motifs is 1. The molecule has 0 aliphatic heterocycles. The summed E-state index contributed by atoms with van der Waals surface area (Å²) in [4.78, 5) is 19.5. The first-order valence-corrected chi connectivity index (χ1v) is 8.30. The summed E-state index contributed by atoms with van der Waals surface area (Å²) >= 11 is 0. The first-order chi connectivity index (χ1) is 12.6. The molecule has 26 heavy (non-hydrogen) atoms. The Labute approximate surface area is 149 Å². The summed E-state index contributed by atoms with van der Waals surface area (Å²) in [5, 5.41) is 12.1. The average Bonchev–Trinajstić information content (AvgIpc) is 3.34. The van der Waals surface area contributed by atoms with Crippen molar-refractivity contribution in [1.29, 1.82) is 0 Å². The average molecular weight is 350 g/mol. The van der Waals surface area contributed by atoms with Gasteiger partial charge in [0.05, 0.1) is 12.2 Å². The van der Waals surface area contributed by atoms with Crippen LogP contribution in [0.15, 0.2) is 41.1 Å². The molecule has 4 aromatic rings. The molecule has 0 spiro atoms. The fourth-order valence-corrected chi connectivity index (χ4v) is 2.87. The van der Waals surface area contributed by atoms with Crippen LogP contribution in [-0.4, -0.2) is 37.4 Å². The second kappa shape index (κ2) is 6.47. The molecule has 0 saturated heterocycles. The van der Waals surface area contributed by atoms with Crippen LogP contribution in [0.4, 0.5) is 0 Å². The van der Waals surface area contributed by atoms with Gasteiger partial charge in [-0.3, -0.25) is 9.48 Å². The zero-order chi connectivity index (χ0) is 18.1. The number of hydrogen-bond acceptors (Lipinski definition) is 5. The number of H-pyrrole nitrogens is 1. The SMILES string of the molecule is Cc1cc(C)n(CCNC(=O)c2nc(-c3ccc4cc[nH]c4c3)no2)n1. The van der Waals surface area contributed by atoms with Crippen LogP contribution >= 0.6 is 0 Å². The second-order valence-electron chi connectivity index (χ2n) is 6.11. The normalized spacial score (nSPS) is 11.2. The molecule has 4 rings (SSSR count). The molecule has 0 aliphatic rings. The Morgan fingerprint density at radius 2 is 2.15 bits per heavy atom. The lowest BCUT2D eigenvalue weighted by molar-refractivity contribution is 0.0908. The summed E-state index contributed by atoms with van der Waals surface area (Å²) in [5.41, 5.74) is 3.76. The van der Waals surface area contributed by atoms with Crippen LogP contribution in [0.2, 0.25) is 0 Å². The lowest BCUT2D eigenvalue weighted by Gasteiger charge is -2.04. The van der Waals surface area contributed by atoms with E-state index in [1.165, 1.54) is 0 Å². The summed E-state index contributed by atoms with van der Waals surface area (Å²) in [7, 11) is 0. The number of nitrogens with zero attached hydrogens (tertiary/aromatic N) is 4. The van der Waals surface area contributed by atoms with Crippen LogP contribution < -0.4 is 5.32 Å². The second-order valence-corrected chi connectivity index (χ2v) is 6.11. The van der Waals surface area contributed by atoms with E-state index in [-0.39, 0.29) is 5.89 Å². The predicted octanol–water partition coefficient (Wildman–Crippen LogP) is 2.46. The van der Waals surface area contributed by atoms with Crippen molar-refractivity contribution in [3.8, 4) is 11.4 Å². The highest BCUT2D eigenvalue weighted by molar-refractivity contribution is 5.90. The number of nitrogens with one attached hydrogen (secondary N) is 2. The number of amides is 1. The molecule has 0 unspecified atom stereocenters.